The van der Waals surface area contributed by atoms with Crippen molar-refractivity contribution in [2.24, 2.45) is 0 Å². The summed E-state index contributed by atoms with van der Waals surface area (Å²) in [5.74, 6) is -5.62. The lowest BCUT2D eigenvalue weighted by molar-refractivity contribution is -0.392. The summed E-state index contributed by atoms with van der Waals surface area (Å²) in [6, 6.07) is 7.82. The number of rotatable bonds is 5. The number of alkyl halides is 4. The molecule has 14 heteroatoms. The van der Waals surface area contributed by atoms with E-state index in [-0.39, 0.29) is 12.1 Å². The summed E-state index contributed by atoms with van der Waals surface area (Å²) >= 11 is 0. The molecule has 1 aromatic heterocycles. The first-order valence-corrected chi connectivity index (χ1v) is 11.5. The van der Waals surface area contributed by atoms with Gasteiger partial charge in [-0.15, -0.1) is 0 Å². The van der Waals surface area contributed by atoms with Gasteiger partial charge in [-0.1, -0.05) is 25.1 Å². The van der Waals surface area contributed by atoms with Crippen LogP contribution in [0.5, 0.6) is 11.5 Å². The van der Waals surface area contributed by atoms with Crippen molar-refractivity contribution >= 4 is 15.9 Å². The maximum Gasteiger partial charge on any atom is 0.507 e. The molecule has 1 aliphatic rings. The fraction of sp³-hybridized carbons (Fsp3) is 0.182. The molecule has 1 amide bonds. The normalized spacial score (nSPS) is 15.9. The summed E-state index contributed by atoms with van der Waals surface area (Å²) in [5, 5.41) is 0. The first-order valence-electron chi connectivity index (χ1n) is 10.1. The Kier molecular flexibility index (Phi) is 6.11. The Morgan fingerprint density at radius 1 is 0.944 bits per heavy atom. The largest absolute Gasteiger partial charge is 0.507 e. The van der Waals surface area contributed by atoms with Crippen molar-refractivity contribution < 1.29 is 49.0 Å². The smallest absolute Gasteiger partial charge is 0.421 e. The first kappa shape index (κ1) is 25.3. The molecule has 36 heavy (non-hydrogen) atoms. The number of aromatic nitrogens is 1. The van der Waals surface area contributed by atoms with Crippen LogP contribution in [0, 0.1) is 11.6 Å². The Labute approximate surface area is 199 Å². The zero-order valence-electron chi connectivity index (χ0n) is 18.0. The molecule has 0 bridgehead atoms. The van der Waals surface area contributed by atoms with Crippen molar-refractivity contribution in [1.29, 1.82) is 0 Å². The molecule has 190 valence electrons. The third kappa shape index (κ3) is 4.32. The lowest BCUT2D eigenvalue weighted by Crippen LogP contribution is -2.52. The molecule has 2 aromatic carbocycles. The lowest BCUT2D eigenvalue weighted by atomic mass is 10.0. The number of carbonyl (C=O) groups excluding carboxylic acids is 1. The molecule has 1 aliphatic heterocycles. The van der Waals surface area contributed by atoms with Crippen LogP contribution in [0.1, 0.15) is 23.0 Å². The van der Waals surface area contributed by atoms with Crippen LogP contribution >= 0.6 is 0 Å². The van der Waals surface area contributed by atoms with Gasteiger partial charge in [0.25, 0.3) is 15.9 Å². The number of aryl methyl sites for hydroxylation is 1. The molecule has 0 fully saturated rings. The van der Waals surface area contributed by atoms with Crippen molar-refractivity contribution in [1.82, 2.24) is 9.71 Å². The molecule has 0 saturated carbocycles. The van der Waals surface area contributed by atoms with E-state index in [4.69, 9.17) is 0 Å². The van der Waals surface area contributed by atoms with Crippen molar-refractivity contribution in [3.63, 3.8) is 0 Å². The number of hydrogen-bond acceptors (Lipinski definition) is 6. The van der Waals surface area contributed by atoms with Crippen LogP contribution in [0.25, 0.3) is 11.3 Å². The predicted octanol–water partition coefficient (Wildman–Crippen LogP) is 4.66. The monoisotopic (exact) mass is 532 g/mol. The van der Waals surface area contributed by atoms with Crippen LogP contribution in [0.3, 0.4) is 0 Å². The van der Waals surface area contributed by atoms with Gasteiger partial charge in [-0.25, -0.2) is 26.9 Å². The maximum absolute atomic E-state index is 14.3. The van der Waals surface area contributed by atoms with Crippen molar-refractivity contribution in [2.45, 2.75) is 30.5 Å². The minimum atomic E-state index is -5.22. The SMILES string of the molecule is CCc1ccc(C(=O)NS(=O)(=O)c2cccc3c2OC(F)(F)C(F)(F)O3)nc1-c1c(F)cccc1F. The number of halogens is 6. The standard InChI is InChI=1S/C22H14F6N2O5S/c1-2-11-9-10-14(29-18(11)17-12(23)5-3-6-13(17)24)20(31)30-36(32,33)16-8-4-7-15-19(16)35-22(27,28)21(25,26)34-15/h3-10H,2H2,1H3,(H,30,31). The average molecular weight is 532 g/mol. The Morgan fingerprint density at radius 3 is 2.19 bits per heavy atom. The molecule has 3 aromatic rings. The number of benzene rings is 2. The zero-order valence-corrected chi connectivity index (χ0v) is 18.8. The van der Waals surface area contributed by atoms with Gasteiger partial charge in [0.05, 0.1) is 11.3 Å². The highest BCUT2D eigenvalue weighted by atomic mass is 32.2. The zero-order chi connectivity index (χ0) is 26.5. The number of sulfonamides is 1. The predicted molar refractivity (Wildman–Crippen MR) is 111 cm³/mol. The number of nitrogens with zero attached hydrogens (tertiary/aromatic N) is 1. The number of nitrogens with one attached hydrogen (secondary N) is 1. The summed E-state index contributed by atoms with van der Waals surface area (Å²) in [7, 11) is -5.02. The molecule has 4 rings (SSSR count). The van der Waals surface area contributed by atoms with Crippen LogP contribution in [0.15, 0.2) is 53.4 Å². The number of hydrogen-bond donors (Lipinski definition) is 1. The summed E-state index contributed by atoms with van der Waals surface area (Å²) in [5.41, 5.74) is -1.05. The highest BCUT2D eigenvalue weighted by Crippen LogP contribution is 2.49. The van der Waals surface area contributed by atoms with E-state index < -0.39 is 67.4 Å². The van der Waals surface area contributed by atoms with E-state index in [1.54, 1.807) is 11.6 Å². The fourth-order valence-electron chi connectivity index (χ4n) is 3.34. The molecule has 7 nitrogen and oxygen atoms in total. The second-order valence-corrected chi connectivity index (χ2v) is 9.06. The minimum Gasteiger partial charge on any atom is -0.421 e. The topological polar surface area (TPSA) is 94.6 Å². The molecule has 0 radical (unpaired) electrons. The van der Waals surface area contributed by atoms with Crippen LogP contribution in [0.2, 0.25) is 0 Å². The van der Waals surface area contributed by atoms with E-state index in [1.807, 2.05) is 0 Å². The second kappa shape index (κ2) is 8.69. The average Bonchev–Trinajstić information content (AvgIpc) is 2.78. The van der Waals surface area contributed by atoms with Gasteiger partial charge >= 0.3 is 12.2 Å². The molecular weight excluding hydrogens is 518 g/mol. The number of ether oxygens (including phenoxy) is 2. The lowest BCUT2D eigenvalue weighted by Gasteiger charge is -2.32. The number of para-hydroxylation sites is 1. The van der Waals surface area contributed by atoms with Crippen LogP contribution in [-0.4, -0.2) is 31.5 Å². The maximum atomic E-state index is 14.3. The molecule has 0 spiro atoms. The highest BCUT2D eigenvalue weighted by molar-refractivity contribution is 7.90. The summed E-state index contributed by atoms with van der Waals surface area (Å²) < 4.78 is 118. The van der Waals surface area contributed by atoms with Gasteiger partial charge in [0, 0.05) is 0 Å². The van der Waals surface area contributed by atoms with Gasteiger partial charge in [0.1, 0.15) is 22.2 Å². The fourth-order valence-corrected chi connectivity index (χ4v) is 4.45. The minimum absolute atomic E-state index is 0.253. The van der Waals surface area contributed by atoms with E-state index in [0.29, 0.717) is 11.6 Å². The highest BCUT2D eigenvalue weighted by Gasteiger charge is 2.66. The molecule has 0 atom stereocenters. The van der Waals surface area contributed by atoms with E-state index >= 15 is 0 Å². The summed E-state index contributed by atoms with van der Waals surface area (Å²) in [6.45, 7) is 1.66. The van der Waals surface area contributed by atoms with Gasteiger partial charge in [-0.2, -0.15) is 17.6 Å². The molecule has 0 aliphatic carbocycles. The number of amides is 1. The quantitative estimate of drug-likeness (QED) is 0.481. The summed E-state index contributed by atoms with van der Waals surface area (Å²) in [4.78, 5) is 15.5. The number of fused-ring (bicyclic) bond motifs is 1. The molecule has 0 unspecified atom stereocenters. The third-order valence-corrected chi connectivity index (χ3v) is 6.41. The van der Waals surface area contributed by atoms with Crippen LogP contribution < -0.4 is 14.2 Å². The van der Waals surface area contributed by atoms with Gasteiger partial charge in [0.15, 0.2) is 11.5 Å². The van der Waals surface area contributed by atoms with E-state index in [9.17, 15) is 39.6 Å². The first-order chi connectivity index (χ1) is 16.8. The Balaban J connectivity index is 1.71. The van der Waals surface area contributed by atoms with Crippen molar-refractivity contribution in [3.8, 4) is 22.8 Å². The van der Waals surface area contributed by atoms with Crippen molar-refractivity contribution in [2.75, 3.05) is 0 Å². The Morgan fingerprint density at radius 2 is 1.56 bits per heavy atom. The van der Waals surface area contributed by atoms with Crippen LogP contribution in [-0.2, 0) is 16.4 Å². The number of carbonyl (C=O) groups is 1. The molecule has 1 N–H and O–H groups in total. The van der Waals surface area contributed by atoms with E-state index in [2.05, 4.69) is 14.5 Å². The van der Waals surface area contributed by atoms with E-state index in [1.165, 1.54) is 6.07 Å². The Bertz CT molecular complexity index is 1460. The van der Waals surface area contributed by atoms with Gasteiger partial charge in [0.2, 0.25) is 0 Å². The third-order valence-electron chi connectivity index (χ3n) is 5.06. The second-order valence-electron chi connectivity index (χ2n) is 7.41. The molecular formula is C22H14F6N2O5S. The van der Waals surface area contributed by atoms with Crippen molar-refractivity contribution in [3.05, 3.63) is 71.4 Å². The molecule has 2 heterocycles. The number of pyridine rings is 1. The van der Waals surface area contributed by atoms with Crippen LogP contribution in [0.4, 0.5) is 26.3 Å². The van der Waals surface area contributed by atoms with Gasteiger partial charge < -0.3 is 9.47 Å². The molecule has 0 saturated heterocycles. The summed E-state index contributed by atoms with van der Waals surface area (Å²) in [6.07, 6.45) is -10.1. The van der Waals surface area contributed by atoms with E-state index in [0.717, 1.165) is 36.4 Å². The van der Waals surface area contributed by atoms with Gasteiger partial charge in [-0.05, 0) is 42.3 Å². The Hall–Kier alpha value is -3.81. The van der Waals surface area contributed by atoms with Gasteiger partial charge in [-0.3, -0.25) is 4.79 Å².